The monoisotopic (exact) mass is 803 g/mol. The molecule has 6 rings (SSSR count). The van der Waals surface area contributed by atoms with Gasteiger partial charge < -0.3 is 38.7 Å². The van der Waals surface area contributed by atoms with Crippen LogP contribution in [0.3, 0.4) is 0 Å². The van der Waals surface area contributed by atoms with E-state index in [0.29, 0.717) is 70.0 Å². The molecular formula is C47H53N3O9. The fraction of sp³-hybridized carbons (Fsp3) is 0.383. The molecular weight excluding hydrogens is 751 g/mol. The number of carbonyl (C=O) groups excluding carboxylic acids is 3. The second-order valence-corrected chi connectivity index (χ2v) is 14.8. The number of Topliss-reactive ketones (excluding diaryl/α,β-unsaturated/α-hetero) is 2. The van der Waals surface area contributed by atoms with Gasteiger partial charge >= 0.3 is 0 Å². The van der Waals surface area contributed by atoms with E-state index >= 15 is 0 Å². The van der Waals surface area contributed by atoms with Crippen molar-refractivity contribution in [2.45, 2.75) is 65.1 Å². The normalized spacial score (nSPS) is 16.4. The van der Waals surface area contributed by atoms with E-state index in [0.717, 1.165) is 56.1 Å². The number of amides is 1. The molecule has 1 saturated heterocycles. The highest BCUT2D eigenvalue weighted by Gasteiger charge is 2.31. The van der Waals surface area contributed by atoms with Crippen LogP contribution in [-0.4, -0.2) is 75.8 Å². The average molecular weight is 804 g/mol. The Kier molecular flexibility index (Phi) is 14.7. The predicted octanol–water partition coefficient (Wildman–Crippen LogP) is 9.12. The van der Waals surface area contributed by atoms with Crippen molar-refractivity contribution in [3.63, 3.8) is 0 Å². The summed E-state index contributed by atoms with van der Waals surface area (Å²) in [5, 5.41) is 7.84. The minimum atomic E-state index is -0.210. The summed E-state index contributed by atoms with van der Waals surface area (Å²) < 4.78 is 36.0. The minimum Gasteiger partial charge on any atom is -0.493 e. The van der Waals surface area contributed by atoms with Crippen LogP contribution in [-0.2, 0) is 13.2 Å². The minimum absolute atomic E-state index is 0.0159. The molecule has 59 heavy (non-hydrogen) atoms. The number of carbonyl (C=O) groups is 3. The number of likely N-dealkylation sites (tertiary alicyclic amines) is 1. The number of methoxy groups -OCH3 is 2. The number of benzene rings is 4. The van der Waals surface area contributed by atoms with E-state index in [1.165, 1.54) is 20.2 Å². The highest BCUT2D eigenvalue weighted by atomic mass is 16.5. The summed E-state index contributed by atoms with van der Waals surface area (Å²) in [4.78, 5) is 44.6. The molecule has 1 saturated carbocycles. The number of rotatable bonds is 19. The molecule has 0 bridgehead atoms. The number of ether oxygens (including phenoxy) is 6. The van der Waals surface area contributed by atoms with Gasteiger partial charge in [0.2, 0.25) is 0 Å². The second kappa shape index (κ2) is 20.5. The maximum atomic E-state index is 13.5. The molecule has 1 aliphatic heterocycles. The van der Waals surface area contributed by atoms with Crippen molar-refractivity contribution in [3.05, 3.63) is 101 Å². The summed E-state index contributed by atoms with van der Waals surface area (Å²) >= 11 is 0. The molecule has 4 aromatic rings. The maximum absolute atomic E-state index is 13.5. The van der Waals surface area contributed by atoms with E-state index in [-0.39, 0.29) is 55.7 Å². The Morgan fingerprint density at radius 2 is 1.34 bits per heavy atom. The standard InChI is InChI=1S/C47H53N3O9/c1-31(51)34-12-15-37(16-13-34)56-20-21-57-38-23-32(29-58-42-17-14-35(25-43(42)54-3)46(52)39-11-7-6-10-36(39)28-48)22-33(24-38)30-59-45-27-41(49-2)40(26-44(45)55-4)47(53)50-18-8-5-9-19-50/h12-17,22-28,36,39,48H,2,5-11,18-21,29-30H2,1,3-4H3/t36-,39?/m0/s1. The summed E-state index contributed by atoms with van der Waals surface area (Å²) in [6, 6.07) is 21.2. The molecule has 1 amide bonds. The zero-order valence-electron chi connectivity index (χ0n) is 34.1. The van der Waals surface area contributed by atoms with E-state index in [2.05, 4.69) is 11.7 Å². The van der Waals surface area contributed by atoms with Gasteiger partial charge in [-0.2, -0.15) is 0 Å². The van der Waals surface area contributed by atoms with E-state index < -0.39 is 0 Å². The van der Waals surface area contributed by atoms with E-state index in [4.69, 9.17) is 33.8 Å². The van der Waals surface area contributed by atoms with Crippen molar-refractivity contribution in [2.24, 2.45) is 16.8 Å². The number of nitrogens with one attached hydrogen (secondary N) is 1. The Morgan fingerprint density at radius 3 is 1.98 bits per heavy atom. The quantitative estimate of drug-likeness (QED) is 0.0557. The van der Waals surface area contributed by atoms with Gasteiger partial charge in [0.25, 0.3) is 5.91 Å². The third kappa shape index (κ3) is 10.9. The molecule has 12 heteroatoms. The Hall–Kier alpha value is -6.17. The van der Waals surface area contributed by atoms with Gasteiger partial charge in [-0.05, 0) is 130 Å². The van der Waals surface area contributed by atoms with Crippen molar-refractivity contribution >= 4 is 36.1 Å². The van der Waals surface area contributed by atoms with Crippen molar-refractivity contribution in [3.8, 4) is 34.5 Å². The number of hydrogen-bond donors (Lipinski definition) is 1. The van der Waals surface area contributed by atoms with Gasteiger partial charge in [-0.25, -0.2) is 0 Å². The highest BCUT2D eigenvalue weighted by molar-refractivity contribution is 6.01. The smallest absolute Gasteiger partial charge is 0.256 e. The van der Waals surface area contributed by atoms with Gasteiger partial charge in [-0.1, -0.05) is 12.8 Å². The Balaban J connectivity index is 1.19. The Morgan fingerprint density at radius 1 is 0.712 bits per heavy atom. The summed E-state index contributed by atoms with van der Waals surface area (Å²) in [5.74, 6) is 2.52. The molecule has 0 aromatic heterocycles. The average Bonchev–Trinajstić information content (AvgIpc) is 3.28. The van der Waals surface area contributed by atoms with Gasteiger partial charge in [-0.3, -0.25) is 19.4 Å². The van der Waals surface area contributed by atoms with Crippen LogP contribution in [0.4, 0.5) is 5.69 Å². The van der Waals surface area contributed by atoms with Crippen LogP contribution in [0.25, 0.3) is 0 Å². The largest absolute Gasteiger partial charge is 0.493 e. The van der Waals surface area contributed by atoms with Crippen molar-refractivity contribution in [2.75, 3.05) is 40.5 Å². The third-order valence-electron chi connectivity index (χ3n) is 10.8. The molecule has 1 unspecified atom stereocenters. The fourth-order valence-corrected chi connectivity index (χ4v) is 7.64. The van der Waals surface area contributed by atoms with Crippen LogP contribution in [0, 0.1) is 17.2 Å². The SMILES string of the molecule is C=Nc1cc(OCc2cc(COc3ccc(C(=O)C4CCCC[C@H]4C=N)cc3OC)cc(OCCOc3ccc(C(C)=O)cc3)c2)c(OC)cc1C(=O)N1CCCCC1. The number of ketones is 2. The lowest BCUT2D eigenvalue weighted by Gasteiger charge is -2.27. The molecule has 4 aromatic carbocycles. The first kappa shape index (κ1) is 42.4. The van der Waals surface area contributed by atoms with Crippen molar-refractivity contribution < 1.29 is 42.8 Å². The van der Waals surface area contributed by atoms with Gasteiger partial charge in [0.05, 0.1) is 25.5 Å². The molecule has 2 fully saturated rings. The van der Waals surface area contributed by atoms with Gasteiger partial charge in [0.1, 0.15) is 37.9 Å². The summed E-state index contributed by atoms with van der Waals surface area (Å²) in [6.07, 6.45) is 8.08. The lowest BCUT2D eigenvalue weighted by Crippen LogP contribution is -2.35. The topological polar surface area (TPSA) is 146 Å². The third-order valence-corrected chi connectivity index (χ3v) is 10.8. The molecule has 1 heterocycles. The summed E-state index contributed by atoms with van der Waals surface area (Å²) in [5.41, 5.74) is 3.52. The fourth-order valence-electron chi connectivity index (χ4n) is 7.64. The van der Waals surface area contributed by atoms with Gasteiger partial charge in [0, 0.05) is 42.1 Å². The zero-order valence-corrected chi connectivity index (χ0v) is 34.1. The van der Waals surface area contributed by atoms with Crippen LogP contribution in [0.5, 0.6) is 34.5 Å². The van der Waals surface area contributed by atoms with E-state index in [1.807, 2.05) is 23.1 Å². The van der Waals surface area contributed by atoms with Gasteiger partial charge in [0.15, 0.2) is 34.6 Å². The van der Waals surface area contributed by atoms with E-state index in [1.54, 1.807) is 61.7 Å². The lowest BCUT2D eigenvalue weighted by molar-refractivity contribution is 0.0724. The van der Waals surface area contributed by atoms with Crippen LogP contribution in [0.15, 0.2) is 77.8 Å². The number of nitrogens with zero attached hydrogens (tertiary/aromatic N) is 2. The molecule has 0 radical (unpaired) electrons. The maximum Gasteiger partial charge on any atom is 0.256 e. The van der Waals surface area contributed by atoms with Gasteiger partial charge in [-0.15, -0.1) is 0 Å². The summed E-state index contributed by atoms with van der Waals surface area (Å²) in [7, 11) is 3.07. The second-order valence-electron chi connectivity index (χ2n) is 14.8. The Bertz CT molecular complexity index is 2130. The van der Waals surface area contributed by atoms with Crippen LogP contribution in [0.2, 0.25) is 0 Å². The zero-order chi connectivity index (χ0) is 41.7. The first-order valence-electron chi connectivity index (χ1n) is 20.2. The van der Waals surface area contributed by atoms with Crippen LogP contribution in [0.1, 0.15) is 94.1 Å². The van der Waals surface area contributed by atoms with Crippen LogP contribution >= 0.6 is 0 Å². The molecule has 2 atom stereocenters. The Labute approximate surface area is 345 Å². The van der Waals surface area contributed by atoms with Crippen molar-refractivity contribution in [1.82, 2.24) is 4.90 Å². The van der Waals surface area contributed by atoms with E-state index in [9.17, 15) is 14.4 Å². The van der Waals surface area contributed by atoms with Crippen molar-refractivity contribution in [1.29, 1.82) is 5.41 Å². The molecule has 1 N–H and O–H groups in total. The number of piperidine rings is 1. The molecule has 1 aliphatic carbocycles. The predicted molar refractivity (Wildman–Crippen MR) is 226 cm³/mol. The number of hydrogen-bond acceptors (Lipinski definition) is 11. The molecule has 2 aliphatic rings. The number of aliphatic imine (C=N–C) groups is 1. The van der Waals surface area contributed by atoms with Crippen LogP contribution < -0.4 is 28.4 Å². The first-order chi connectivity index (χ1) is 28.7. The summed E-state index contributed by atoms with van der Waals surface area (Å²) in [6.45, 7) is 7.39. The lowest BCUT2D eigenvalue weighted by atomic mass is 9.76. The first-order valence-corrected chi connectivity index (χ1v) is 20.2. The molecule has 310 valence electrons. The highest BCUT2D eigenvalue weighted by Crippen LogP contribution is 2.38. The molecule has 12 nitrogen and oxygen atoms in total. The molecule has 0 spiro atoms.